The fourth-order valence-electron chi connectivity index (χ4n) is 3.36. The molecule has 0 aromatic carbocycles. The first-order valence-corrected chi connectivity index (χ1v) is 11.1. The third-order valence-electron chi connectivity index (χ3n) is 5.12. The first-order chi connectivity index (χ1) is 13.2. The van der Waals surface area contributed by atoms with Gasteiger partial charge in [0.2, 0.25) is 5.91 Å². The van der Waals surface area contributed by atoms with Crippen LogP contribution >= 0.6 is 0 Å². The highest BCUT2D eigenvalue weighted by Gasteiger charge is 2.33. The standard InChI is InChI=1S/C18H32N6O3S/c1-6-23(7-2)28(26,27)24-10-8-9-15(12-24)16-11-17(19-4)21-18(20-16)13-22(5)14(3)25/h11,15H,6-10,12-13H2,1-5H3,(H,19,20,21)/t15-/m1/s1. The fourth-order valence-corrected chi connectivity index (χ4v) is 5.06. The van der Waals surface area contributed by atoms with Gasteiger partial charge in [-0.05, 0) is 12.8 Å². The van der Waals surface area contributed by atoms with Crippen LogP contribution in [0, 0.1) is 0 Å². The average Bonchev–Trinajstić information content (AvgIpc) is 2.68. The highest BCUT2D eigenvalue weighted by atomic mass is 32.2. The molecule has 9 nitrogen and oxygen atoms in total. The summed E-state index contributed by atoms with van der Waals surface area (Å²) in [5.41, 5.74) is 0.811. The summed E-state index contributed by atoms with van der Waals surface area (Å²) in [6.45, 7) is 7.36. The molecule has 1 fully saturated rings. The zero-order chi connectivity index (χ0) is 20.9. The van der Waals surface area contributed by atoms with Gasteiger partial charge < -0.3 is 10.2 Å². The lowest BCUT2D eigenvalue weighted by Gasteiger charge is -2.35. The van der Waals surface area contributed by atoms with E-state index >= 15 is 0 Å². The Labute approximate surface area is 168 Å². The van der Waals surface area contributed by atoms with Gasteiger partial charge >= 0.3 is 0 Å². The molecule has 1 aromatic heterocycles. The third kappa shape index (κ3) is 5.18. The van der Waals surface area contributed by atoms with E-state index in [0.717, 1.165) is 18.5 Å². The van der Waals surface area contributed by atoms with Crippen LogP contribution in [-0.2, 0) is 21.5 Å². The maximum Gasteiger partial charge on any atom is 0.281 e. The van der Waals surface area contributed by atoms with Crippen molar-refractivity contribution in [2.24, 2.45) is 0 Å². The van der Waals surface area contributed by atoms with Crippen LogP contribution in [0.3, 0.4) is 0 Å². The van der Waals surface area contributed by atoms with E-state index in [1.165, 1.54) is 11.2 Å². The molecule has 28 heavy (non-hydrogen) atoms. The van der Waals surface area contributed by atoms with Crippen molar-refractivity contribution in [3.8, 4) is 0 Å². The molecule has 0 aliphatic carbocycles. The van der Waals surface area contributed by atoms with Gasteiger partial charge in [0, 0.05) is 59.2 Å². The molecule has 1 aliphatic heterocycles. The zero-order valence-corrected chi connectivity index (χ0v) is 18.3. The molecular formula is C18H32N6O3S. The third-order valence-corrected chi connectivity index (χ3v) is 7.28. The fraction of sp³-hybridized carbons (Fsp3) is 0.722. The molecule has 158 valence electrons. The van der Waals surface area contributed by atoms with Crippen LogP contribution in [0.2, 0.25) is 0 Å². The lowest BCUT2D eigenvalue weighted by molar-refractivity contribution is -0.128. The van der Waals surface area contributed by atoms with Gasteiger partial charge in [-0.1, -0.05) is 13.8 Å². The quantitative estimate of drug-likeness (QED) is 0.690. The average molecular weight is 413 g/mol. The Morgan fingerprint density at radius 3 is 2.57 bits per heavy atom. The Balaban J connectivity index is 2.27. The SMILES string of the molecule is CCN(CC)S(=O)(=O)N1CCC[C@@H](c2cc(NC)nc(CN(C)C(C)=O)n2)C1. The zero-order valence-electron chi connectivity index (χ0n) is 17.5. The summed E-state index contributed by atoms with van der Waals surface area (Å²) in [6.07, 6.45) is 1.65. The van der Waals surface area contributed by atoms with Gasteiger partial charge in [-0.25, -0.2) is 9.97 Å². The van der Waals surface area contributed by atoms with Crippen LogP contribution < -0.4 is 5.32 Å². The molecule has 1 amide bonds. The predicted octanol–water partition coefficient (Wildman–Crippen LogP) is 1.26. The summed E-state index contributed by atoms with van der Waals surface area (Å²) in [5.74, 6) is 1.15. The monoisotopic (exact) mass is 412 g/mol. The van der Waals surface area contributed by atoms with Crippen LogP contribution in [0.4, 0.5) is 5.82 Å². The highest BCUT2D eigenvalue weighted by Crippen LogP contribution is 2.29. The van der Waals surface area contributed by atoms with Crippen LogP contribution in [-0.4, -0.2) is 78.1 Å². The second-order valence-corrected chi connectivity index (χ2v) is 8.94. The van der Waals surface area contributed by atoms with Crippen molar-refractivity contribution in [2.45, 2.75) is 46.1 Å². The van der Waals surface area contributed by atoms with Crippen molar-refractivity contribution in [3.63, 3.8) is 0 Å². The molecule has 0 saturated carbocycles. The number of nitrogens with one attached hydrogen (secondary N) is 1. The second-order valence-electron chi connectivity index (χ2n) is 7.01. The number of aromatic nitrogens is 2. The first kappa shape index (κ1) is 22.5. The number of carbonyl (C=O) groups excluding carboxylic acids is 1. The summed E-state index contributed by atoms with van der Waals surface area (Å²) < 4.78 is 28.8. The molecule has 1 atom stereocenters. The Hall–Kier alpha value is -1.78. The molecule has 2 rings (SSSR count). The van der Waals surface area contributed by atoms with E-state index in [9.17, 15) is 13.2 Å². The molecule has 0 radical (unpaired) electrons. The van der Waals surface area contributed by atoms with E-state index in [1.54, 1.807) is 23.3 Å². The molecule has 0 spiro atoms. The maximum atomic E-state index is 12.9. The Morgan fingerprint density at radius 1 is 1.32 bits per heavy atom. The normalized spacial score (nSPS) is 18.3. The van der Waals surface area contributed by atoms with Crippen molar-refractivity contribution in [1.29, 1.82) is 0 Å². The van der Waals surface area contributed by atoms with Crippen LogP contribution in [0.15, 0.2) is 6.07 Å². The van der Waals surface area contributed by atoms with E-state index < -0.39 is 10.2 Å². The van der Waals surface area contributed by atoms with Crippen molar-refractivity contribution in [3.05, 3.63) is 17.6 Å². The number of anilines is 1. The molecule has 1 aromatic rings. The molecule has 1 aliphatic rings. The highest BCUT2D eigenvalue weighted by molar-refractivity contribution is 7.86. The summed E-state index contributed by atoms with van der Waals surface area (Å²) in [4.78, 5) is 22.2. The van der Waals surface area contributed by atoms with Crippen LogP contribution in [0.25, 0.3) is 0 Å². The van der Waals surface area contributed by atoms with Gasteiger partial charge in [0.1, 0.15) is 11.6 Å². The minimum absolute atomic E-state index is 0.00410. The molecule has 0 bridgehead atoms. The molecule has 1 N–H and O–H groups in total. The smallest absolute Gasteiger partial charge is 0.281 e. The molecular weight excluding hydrogens is 380 g/mol. The minimum Gasteiger partial charge on any atom is -0.373 e. The van der Waals surface area contributed by atoms with Crippen LogP contribution in [0.5, 0.6) is 0 Å². The number of carbonyl (C=O) groups is 1. The van der Waals surface area contributed by atoms with Crippen molar-refractivity contribution >= 4 is 21.9 Å². The largest absolute Gasteiger partial charge is 0.373 e. The molecule has 0 unspecified atom stereocenters. The second kappa shape index (κ2) is 9.62. The summed E-state index contributed by atoms with van der Waals surface area (Å²) in [7, 11) is 0.0187. The van der Waals surface area contributed by atoms with E-state index in [-0.39, 0.29) is 11.8 Å². The minimum atomic E-state index is -3.47. The Morgan fingerprint density at radius 2 is 2.00 bits per heavy atom. The number of piperidine rings is 1. The number of amides is 1. The first-order valence-electron chi connectivity index (χ1n) is 9.75. The lowest BCUT2D eigenvalue weighted by Crippen LogP contribution is -2.47. The van der Waals surface area contributed by atoms with Crippen molar-refractivity contribution in [1.82, 2.24) is 23.5 Å². The van der Waals surface area contributed by atoms with E-state index in [0.29, 0.717) is 44.4 Å². The maximum absolute atomic E-state index is 12.9. The number of hydrogen-bond donors (Lipinski definition) is 1. The van der Waals surface area contributed by atoms with Gasteiger partial charge in [0.15, 0.2) is 0 Å². The number of nitrogens with zero attached hydrogens (tertiary/aromatic N) is 5. The van der Waals surface area contributed by atoms with E-state index in [2.05, 4.69) is 15.3 Å². The summed E-state index contributed by atoms with van der Waals surface area (Å²) in [6, 6.07) is 1.87. The topological polar surface area (TPSA) is 98.7 Å². The molecule has 1 saturated heterocycles. The number of hydrogen-bond acceptors (Lipinski definition) is 6. The lowest BCUT2D eigenvalue weighted by atomic mass is 9.96. The van der Waals surface area contributed by atoms with Gasteiger partial charge in [-0.3, -0.25) is 4.79 Å². The van der Waals surface area contributed by atoms with Crippen LogP contribution in [0.1, 0.15) is 51.0 Å². The van der Waals surface area contributed by atoms with Gasteiger partial charge in [-0.15, -0.1) is 0 Å². The Kier molecular flexibility index (Phi) is 7.73. The van der Waals surface area contributed by atoms with E-state index in [4.69, 9.17) is 0 Å². The van der Waals surface area contributed by atoms with Crippen molar-refractivity contribution in [2.75, 3.05) is 45.6 Å². The van der Waals surface area contributed by atoms with Crippen molar-refractivity contribution < 1.29 is 13.2 Å². The summed E-state index contributed by atoms with van der Waals surface area (Å²) >= 11 is 0. The van der Waals surface area contributed by atoms with Gasteiger partial charge in [-0.2, -0.15) is 17.0 Å². The van der Waals surface area contributed by atoms with E-state index in [1.807, 2.05) is 19.9 Å². The molecule has 10 heteroatoms. The Bertz CT molecular complexity index is 782. The predicted molar refractivity (Wildman–Crippen MR) is 109 cm³/mol. The van der Waals surface area contributed by atoms with Gasteiger partial charge in [0.25, 0.3) is 10.2 Å². The van der Waals surface area contributed by atoms with Gasteiger partial charge in [0.05, 0.1) is 12.2 Å². The number of rotatable bonds is 8. The summed E-state index contributed by atoms with van der Waals surface area (Å²) in [5, 5.41) is 3.03. The molecule has 2 heterocycles.